The number of hydrogen-bond donors (Lipinski definition) is 1. The highest BCUT2D eigenvalue weighted by Crippen LogP contribution is 2.30. The first-order chi connectivity index (χ1) is 20.0. The van der Waals surface area contributed by atoms with Crippen molar-refractivity contribution in [2.75, 3.05) is 6.61 Å². The molecule has 1 saturated heterocycles. The van der Waals surface area contributed by atoms with Crippen molar-refractivity contribution in [1.82, 2.24) is 24.6 Å². The van der Waals surface area contributed by atoms with E-state index in [2.05, 4.69) is 10.3 Å². The maximum atomic E-state index is 13.1. The van der Waals surface area contributed by atoms with Crippen LogP contribution in [0.3, 0.4) is 0 Å². The van der Waals surface area contributed by atoms with Crippen molar-refractivity contribution >= 4 is 28.4 Å². The Bertz CT molecular complexity index is 1740. The number of hydrogen-bond acceptors (Lipinski definition) is 6. The van der Waals surface area contributed by atoms with Crippen LogP contribution in [0, 0.1) is 0 Å². The number of fused-ring (bicyclic) bond motifs is 1. The molecule has 1 fully saturated rings. The van der Waals surface area contributed by atoms with Crippen LogP contribution in [0.15, 0.2) is 90.1 Å². The Morgan fingerprint density at radius 1 is 1.05 bits per heavy atom. The van der Waals surface area contributed by atoms with Gasteiger partial charge in [0.05, 0.1) is 36.1 Å². The lowest BCUT2D eigenvalue weighted by Crippen LogP contribution is -2.24. The van der Waals surface area contributed by atoms with E-state index in [1.165, 1.54) is 12.3 Å². The zero-order valence-corrected chi connectivity index (χ0v) is 23.0. The molecule has 0 radical (unpaired) electrons. The van der Waals surface area contributed by atoms with E-state index in [9.17, 15) is 9.59 Å². The first-order valence-corrected chi connectivity index (χ1v) is 13.8. The molecule has 1 amide bonds. The normalized spacial score (nSPS) is 15.1. The van der Waals surface area contributed by atoms with Crippen molar-refractivity contribution in [3.63, 3.8) is 0 Å². The third-order valence-electron chi connectivity index (χ3n) is 6.98. The van der Waals surface area contributed by atoms with Crippen LogP contribution in [-0.2, 0) is 17.8 Å². The Morgan fingerprint density at radius 2 is 1.93 bits per heavy atom. The van der Waals surface area contributed by atoms with E-state index >= 15 is 0 Å². The molecule has 4 heterocycles. The number of carbonyl (C=O) groups excluding carboxylic acids is 1. The average Bonchev–Trinajstić information content (AvgIpc) is 3.36. The molecule has 208 valence electrons. The molecule has 0 aliphatic carbocycles. The molecule has 3 aromatic heterocycles. The third kappa shape index (κ3) is 6.16. The number of halogens is 1. The van der Waals surface area contributed by atoms with Crippen molar-refractivity contribution in [2.24, 2.45) is 0 Å². The summed E-state index contributed by atoms with van der Waals surface area (Å²) in [5.41, 5.74) is 2.90. The minimum atomic E-state index is -0.301. The van der Waals surface area contributed by atoms with Gasteiger partial charge < -0.3 is 19.4 Å². The molecule has 10 heteroatoms. The number of benzene rings is 2. The maximum Gasteiger partial charge on any atom is 0.253 e. The number of ether oxygens (including phenoxy) is 2. The minimum absolute atomic E-state index is 0.0578. The van der Waals surface area contributed by atoms with Crippen molar-refractivity contribution in [2.45, 2.75) is 38.6 Å². The van der Waals surface area contributed by atoms with Crippen molar-refractivity contribution in [3.8, 4) is 11.5 Å². The second-order valence-corrected chi connectivity index (χ2v) is 10.3. The number of pyridine rings is 2. The monoisotopic (exact) mass is 569 g/mol. The van der Waals surface area contributed by atoms with E-state index in [-0.39, 0.29) is 24.2 Å². The Hall–Kier alpha value is -4.47. The minimum Gasteiger partial charge on any atom is -0.456 e. The number of amides is 1. The zero-order chi connectivity index (χ0) is 28.2. The smallest absolute Gasteiger partial charge is 0.253 e. The predicted octanol–water partition coefficient (Wildman–Crippen LogP) is 5.72. The fourth-order valence-corrected chi connectivity index (χ4v) is 5.07. The Balaban J connectivity index is 1.13. The highest BCUT2D eigenvalue weighted by atomic mass is 35.5. The number of nitrogens with one attached hydrogen (secondary N) is 1. The summed E-state index contributed by atoms with van der Waals surface area (Å²) in [7, 11) is 0. The van der Waals surface area contributed by atoms with Crippen LogP contribution in [0.5, 0.6) is 11.5 Å². The van der Waals surface area contributed by atoms with Crippen molar-refractivity contribution in [1.29, 1.82) is 0 Å². The van der Waals surface area contributed by atoms with Crippen LogP contribution in [0.25, 0.3) is 10.9 Å². The lowest BCUT2D eigenvalue weighted by molar-refractivity contribution is -0.0369. The molecule has 2 aromatic carbocycles. The summed E-state index contributed by atoms with van der Waals surface area (Å²) in [5.74, 6) is 0.721. The van der Waals surface area contributed by atoms with E-state index in [0.29, 0.717) is 40.9 Å². The van der Waals surface area contributed by atoms with Crippen LogP contribution in [0.4, 0.5) is 0 Å². The quantitative estimate of drug-likeness (QED) is 0.257. The van der Waals surface area contributed by atoms with E-state index in [1.807, 2.05) is 53.2 Å². The van der Waals surface area contributed by atoms with Gasteiger partial charge in [0.25, 0.3) is 11.5 Å². The van der Waals surface area contributed by atoms with Gasteiger partial charge in [0, 0.05) is 35.5 Å². The Morgan fingerprint density at radius 3 is 2.73 bits per heavy atom. The van der Waals surface area contributed by atoms with Gasteiger partial charge in [-0.05, 0) is 67.3 Å². The van der Waals surface area contributed by atoms with Gasteiger partial charge in [-0.1, -0.05) is 29.8 Å². The maximum absolute atomic E-state index is 13.1. The lowest BCUT2D eigenvalue weighted by Gasteiger charge is -2.23. The van der Waals surface area contributed by atoms with Crippen molar-refractivity contribution < 1.29 is 14.3 Å². The van der Waals surface area contributed by atoms with Crippen LogP contribution >= 0.6 is 11.6 Å². The summed E-state index contributed by atoms with van der Waals surface area (Å²) in [6.45, 7) is 1.38. The highest BCUT2D eigenvalue weighted by molar-refractivity contribution is 6.31. The summed E-state index contributed by atoms with van der Waals surface area (Å²) in [4.78, 5) is 29.2. The van der Waals surface area contributed by atoms with Crippen LogP contribution in [0.2, 0.25) is 5.02 Å². The molecule has 1 aliphatic heterocycles. The van der Waals surface area contributed by atoms with Crippen molar-refractivity contribution in [3.05, 3.63) is 118 Å². The number of carbonyl (C=O) groups is 1. The van der Waals surface area contributed by atoms with E-state index in [4.69, 9.17) is 26.2 Å². The predicted molar refractivity (Wildman–Crippen MR) is 155 cm³/mol. The standard InChI is InChI=1S/C31H28ClN5O4/c32-23-9-12-28-26(16-23)27(35-37(28)30-6-2-4-14-40-30)19-34-31(39)22-15-25(18-33-17-22)41-24-10-7-21(8-11-24)20-36-13-3-1-5-29(36)38/h1,3,5,7-13,15-18,30H,2,4,6,14,19-20H2,(H,34,39). The Kier molecular flexibility index (Phi) is 7.80. The molecule has 0 bridgehead atoms. The number of rotatable bonds is 8. The molecule has 6 rings (SSSR count). The summed E-state index contributed by atoms with van der Waals surface area (Å²) >= 11 is 6.29. The summed E-state index contributed by atoms with van der Waals surface area (Å²) in [6.07, 6.45) is 7.68. The van der Waals surface area contributed by atoms with E-state index in [1.54, 1.807) is 29.1 Å². The Labute approximate surface area is 241 Å². The average molecular weight is 570 g/mol. The van der Waals surface area contributed by atoms with Gasteiger partial charge in [-0.25, -0.2) is 4.68 Å². The second-order valence-electron chi connectivity index (χ2n) is 9.88. The van der Waals surface area contributed by atoms with Crippen LogP contribution in [-0.4, -0.2) is 31.8 Å². The van der Waals surface area contributed by atoms with Crippen LogP contribution < -0.4 is 15.6 Å². The summed E-state index contributed by atoms with van der Waals surface area (Å²) in [5, 5.41) is 9.22. The van der Waals surface area contributed by atoms with Gasteiger partial charge in [-0.3, -0.25) is 14.6 Å². The van der Waals surface area contributed by atoms with Gasteiger partial charge in [-0.2, -0.15) is 5.10 Å². The summed E-state index contributed by atoms with van der Waals surface area (Å²) in [6, 6.07) is 19.8. The fourth-order valence-electron chi connectivity index (χ4n) is 4.90. The largest absolute Gasteiger partial charge is 0.456 e. The second kappa shape index (κ2) is 12.0. The summed E-state index contributed by atoms with van der Waals surface area (Å²) < 4.78 is 15.4. The third-order valence-corrected chi connectivity index (χ3v) is 7.21. The van der Waals surface area contributed by atoms with Gasteiger partial charge in [-0.15, -0.1) is 0 Å². The van der Waals surface area contributed by atoms with E-state index < -0.39 is 0 Å². The molecule has 1 aliphatic rings. The SMILES string of the molecule is O=C(NCc1nn(C2CCCCO2)c2ccc(Cl)cc12)c1cncc(Oc2ccc(Cn3ccccc3=O)cc2)c1. The molecule has 1 atom stereocenters. The topological polar surface area (TPSA) is 100 Å². The number of aromatic nitrogens is 4. The van der Waals surface area contributed by atoms with Gasteiger partial charge in [0.15, 0.2) is 6.23 Å². The first-order valence-electron chi connectivity index (χ1n) is 13.5. The molecule has 0 saturated carbocycles. The molecular weight excluding hydrogens is 542 g/mol. The van der Waals surface area contributed by atoms with Crippen LogP contribution in [0.1, 0.15) is 47.1 Å². The van der Waals surface area contributed by atoms with Gasteiger partial charge in [0.2, 0.25) is 0 Å². The molecule has 1 unspecified atom stereocenters. The van der Waals surface area contributed by atoms with Gasteiger partial charge >= 0.3 is 0 Å². The fraction of sp³-hybridized carbons (Fsp3) is 0.226. The molecule has 9 nitrogen and oxygen atoms in total. The molecule has 1 N–H and O–H groups in total. The first kappa shape index (κ1) is 26.7. The highest BCUT2D eigenvalue weighted by Gasteiger charge is 2.21. The molecule has 41 heavy (non-hydrogen) atoms. The molecule has 5 aromatic rings. The van der Waals surface area contributed by atoms with Gasteiger partial charge in [0.1, 0.15) is 11.5 Å². The number of nitrogens with zero attached hydrogens (tertiary/aromatic N) is 4. The lowest BCUT2D eigenvalue weighted by atomic mass is 10.1. The van der Waals surface area contributed by atoms with E-state index in [0.717, 1.165) is 35.7 Å². The molecule has 0 spiro atoms. The zero-order valence-electron chi connectivity index (χ0n) is 22.2. The molecular formula is C31H28ClN5O4.